The van der Waals surface area contributed by atoms with Gasteiger partial charge in [0.25, 0.3) is 0 Å². The summed E-state index contributed by atoms with van der Waals surface area (Å²) in [5.74, 6) is -0.922. The lowest BCUT2D eigenvalue weighted by molar-refractivity contribution is 0.0697. The Kier molecular flexibility index (Phi) is 2.87. The van der Waals surface area contributed by atoms with Crippen molar-refractivity contribution in [1.82, 2.24) is 4.98 Å². The molecule has 1 N–H and O–H groups in total. The fourth-order valence-electron chi connectivity index (χ4n) is 1.34. The van der Waals surface area contributed by atoms with Crippen molar-refractivity contribution in [3.63, 3.8) is 0 Å². The molecule has 0 amide bonds. The minimum Gasteiger partial charge on any atom is -0.478 e. The monoisotopic (exact) mass is 234 g/mol. The summed E-state index contributed by atoms with van der Waals surface area (Å²) >= 11 is 1.51. The molecule has 82 valence electrons. The summed E-state index contributed by atoms with van der Waals surface area (Å²) in [4.78, 5) is 16.9. The van der Waals surface area contributed by atoms with Gasteiger partial charge >= 0.3 is 5.97 Å². The van der Waals surface area contributed by atoms with Crippen molar-refractivity contribution < 1.29 is 9.90 Å². The number of aromatic nitrogens is 1. The van der Waals surface area contributed by atoms with E-state index in [4.69, 9.17) is 5.11 Å². The van der Waals surface area contributed by atoms with Crippen molar-refractivity contribution in [1.29, 1.82) is 0 Å². The van der Waals surface area contributed by atoms with Crippen LogP contribution in [0.2, 0.25) is 0 Å². The van der Waals surface area contributed by atoms with E-state index in [-0.39, 0.29) is 5.56 Å². The zero-order valence-electron chi connectivity index (χ0n) is 8.62. The van der Waals surface area contributed by atoms with Gasteiger partial charge in [-0.1, -0.05) is 6.07 Å². The number of benzene rings is 1. The van der Waals surface area contributed by atoms with Crippen LogP contribution in [0.3, 0.4) is 0 Å². The van der Waals surface area contributed by atoms with Gasteiger partial charge in [-0.3, -0.25) is 0 Å². The Hall–Kier alpha value is -1.88. The van der Waals surface area contributed by atoms with E-state index in [0.717, 1.165) is 10.8 Å². The van der Waals surface area contributed by atoms with E-state index in [0.29, 0.717) is 0 Å². The molecule has 0 saturated carbocycles. The van der Waals surface area contributed by atoms with Crippen LogP contribution in [0, 0.1) is 0 Å². The fourth-order valence-corrected chi connectivity index (χ4v) is 1.97. The third-order valence-electron chi connectivity index (χ3n) is 2.19. The van der Waals surface area contributed by atoms with Gasteiger partial charge in [-0.25, -0.2) is 9.78 Å². The predicted molar refractivity (Wildman–Crippen MR) is 63.6 cm³/mol. The van der Waals surface area contributed by atoms with Crippen LogP contribution < -0.4 is 4.90 Å². The highest BCUT2D eigenvalue weighted by Crippen LogP contribution is 2.25. The molecule has 0 saturated heterocycles. The highest BCUT2D eigenvalue weighted by atomic mass is 32.1. The standard InChI is InChI=1S/C11H10N2O2S/c1-13(11-12-5-6-16-11)9-4-2-3-8(7-9)10(14)15/h2-7H,1H3,(H,14,15). The Morgan fingerprint density at radius 3 is 2.94 bits per heavy atom. The summed E-state index contributed by atoms with van der Waals surface area (Å²) in [6.07, 6.45) is 1.72. The zero-order valence-corrected chi connectivity index (χ0v) is 9.44. The third kappa shape index (κ3) is 2.04. The second kappa shape index (κ2) is 4.32. The molecule has 0 aliphatic heterocycles. The molecule has 0 spiro atoms. The highest BCUT2D eigenvalue weighted by molar-refractivity contribution is 7.13. The van der Waals surface area contributed by atoms with Gasteiger partial charge in [-0.2, -0.15) is 0 Å². The van der Waals surface area contributed by atoms with Crippen molar-refractivity contribution >= 4 is 28.1 Å². The van der Waals surface area contributed by atoms with Crippen molar-refractivity contribution in [3.05, 3.63) is 41.4 Å². The number of hydrogen-bond acceptors (Lipinski definition) is 4. The second-order valence-electron chi connectivity index (χ2n) is 3.23. The van der Waals surface area contributed by atoms with Gasteiger partial charge in [-0.05, 0) is 18.2 Å². The van der Waals surface area contributed by atoms with Crippen LogP contribution in [0.15, 0.2) is 35.8 Å². The molecule has 1 aromatic heterocycles. The van der Waals surface area contributed by atoms with Crippen molar-refractivity contribution in [2.45, 2.75) is 0 Å². The Morgan fingerprint density at radius 2 is 2.31 bits per heavy atom. The Bertz CT molecular complexity index is 496. The molecule has 0 unspecified atom stereocenters. The SMILES string of the molecule is CN(c1cccc(C(=O)O)c1)c1nccs1. The van der Waals surface area contributed by atoms with E-state index in [2.05, 4.69) is 4.98 Å². The van der Waals surface area contributed by atoms with Gasteiger partial charge in [0.1, 0.15) is 0 Å². The topological polar surface area (TPSA) is 53.4 Å². The minimum absolute atomic E-state index is 0.279. The van der Waals surface area contributed by atoms with Gasteiger partial charge in [-0.15, -0.1) is 11.3 Å². The largest absolute Gasteiger partial charge is 0.478 e. The summed E-state index contributed by atoms with van der Waals surface area (Å²) in [5, 5.41) is 11.6. The van der Waals surface area contributed by atoms with Crippen LogP contribution in [0.25, 0.3) is 0 Å². The lowest BCUT2D eigenvalue weighted by atomic mass is 10.2. The van der Waals surface area contributed by atoms with Crippen LogP contribution in [-0.4, -0.2) is 23.1 Å². The summed E-state index contributed by atoms with van der Waals surface area (Å²) in [7, 11) is 1.86. The molecule has 0 aliphatic rings. The molecular formula is C11H10N2O2S. The predicted octanol–water partition coefficient (Wildman–Crippen LogP) is 2.61. The molecule has 1 aromatic carbocycles. The molecule has 1 heterocycles. The first-order valence-electron chi connectivity index (χ1n) is 4.65. The van der Waals surface area contributed by atoms with Crippen molar-refractivity contribution in [2.75, 3.05) is 11.9 Å². The van der Waals surface area contributed by atoms with E-state index >= 15 is 0 Å². The van der Waals surface area contributed by atoms with Gasteiger partial charge in [0.05, 0.1) is 5.56 Å². The number of thiazole rings is 1. The lowest BCUT2D eigenvalue weighted by Crippen LogP contribution is -2.09. The lowest BCUT2D eigenvalue weighted by Gasteiger charge is -2.15. The molecule has 2 aromatic rings. The third-order valence-corrected chi connectivity index (χ3v) is 3.03. The summed E-state index contributed by atoms with van der Waals surface area (Å²) in [6, 6.07) is 6.78. The van der Waals surface area contributed by atoms with Crippen LogP contribution in [0.5, 0.6) is 0 Å². The molecule has 4 nitrogen and oxygen atoms in total. The Labute approximate surface area is 96.8 Å². The number of carboxylic acids is 1. The molecule has 0 aliphatic carbocycles. The van der Waals surface area contributed by atoms with Gasteiger partial charge in [0, 0.05) is 24.3 Å². The van der Waals surface area contributed by atoms with Crippen LogP contribution in [0.4, 0.5) is 10.8 Å². The van der Waals surface area contributed by atoms with Crippen LogP contribution in [-0.2, 0) is 0 Å². The average molecular weight is 234 g/mol. The quantitative estimate of drug-likeness (QED) is 0.887. The van der Waals surface area contributed by atoms with E-state index in [9.17, 15) is 4.79 Å². The molecule has 2 rings (SSSR count). The highest BCUT2D eigenvalue weighted by Gasteiger charge is 2.09. The number of carboxylic acid groups (broad SMARTS) is 1. The van der Waals surface area contributed by atoms with Crippen LogP contribution >= 0.6 is 11.3 Å². The molecular weight excluding hydrogens is 224 g/mol. The summed E-state index contributed by atoms with van der Waals surface area (Å²) < 4.78 is 0. The van der Waals surface area contributed by atoms with E-state index in [1.54, 1.807) is 24.4 Å². The first kappa shape index (κ1) is 10.6. The molecule has 0 bridgehead atoms. The smallest absolute Gasteiger partial charge is 0.335 e. The number of anilines is 2. The van der Waals surface area contributed by atoms with E-state index < -0.39 is 5.97 Å². The normalized spacial score (nSPS) is 10.1. The number of aromatic carboxylic acids is 1. The zero-order chi connectivity index (χ0) is 11.5. The minimum atomic E-state index is -0.922. The molecule has 16 heavy (non-hydrogen) atoms. The van der Waals surface area contributed by atoms with Crippen LogP contribution in [0.1, 0.15) is 10.4 Å². The summed E-state index contributed by atoms with van der Waals surface area (Å²) in [6.45, 7) is 0. The fraction of sp³-hybridized carbons (Fsp3) is 0.0909. The number of rotatable bonds is 3. The maximum Gasteiger partial charge on any atom is 0.335 e. The molecule has 0 fully saturated rings. The van der Waals surface area contributed by atoms with Crippen molar-refractivity contribution in [3.8, 4) is 0 Å². The molecule has 0 radical (unpaired) electrons. The maximum absolute atomic E-state index is 10.8. The van der Waals surface area contributed by atoms with Gasteiger partial charge in [0.2, 0.25) is 0 Å². The average Bonchev–Trinajstić information content (AvgIpc) is 2.81. The number of nitrogens with zero attached hydrogens (tertiary/aromatic N) is 2. The number of carbonyl (C=O) groups is 1. The van der Waals surface area contributed by atoms with E-state index in [1.165, 1.54) is 11.3 Å². The molecule has 0 atom stereocenters. The second-order valence-corrected chi connectivity index (χ2v) is 4.10. The molecule has 5 heteroatoms. The first-order chi connectivity index (χ1) is 7.68. The Morgan fingerprint density at radius 1 is 1.50 bits per heavy atom. The van der Waals surface area contributed by atoms with Gasteiger partial charge < -0.3 is 10.0 Å². The van der Waals surface area contributed by atoms with Crippen molar-refractivity contribution in [2.24, 2.45) is 0 Å². The van der Waals surface area contributed by atoms with Gasteiger partial charge in [0.15, 0.2) is 5.13 Å². The summed E-state index contributed by atoms with van der Waals surface area (Å²) in [5.41, 5.74) is 1.09. The number of hydrogen-bond donors (Lipinski definition) is 1. The van der Waals surface area contributed by atoms with E-state index in [1.807, 2.05) is 23.4 Å². The Balaban J connectivity index is 2.34. The maximum atomic E-state index is 10.8. The first-order valence-corrected chi connectivity index (χ1v) is 5.53.